The number of rotatable bonds is 6. The van der Waals surface area contributed by atoms with Crippen molar-refractivity contribution in [3.8, 4) is 0 Å². The second-order valence-electron chi connectivity index (χ2n) is 7.09. The largest absolute Gasteiger partial charge is 0.368 e. The number of hydrogen-bond donors (Lipinski definition) is 2. The highest BCUT2D eigenvalue weighted by Crippen LogP contribution is 2.16. The summed E-state index contributed by atoms with van der Waals surface area (Å²) in [6.07, 6.45) is 0.143. The van der Waals surface area contributed by atoms with Crippen molar-refractivity contribution < 1.29 is 18.8 Å². The summed E-state index contributed by atoms with van der Waals surface area (Å²) in [6, 6.07) is 13.8. The molecule has 1 aliphatic heterocycles. The second-order valence-corrected chi connectivity index (χ2v) is 7.09. The zero-order valence-electron chi connectivity index (χ0n) is 16.9. The quantitative estimate of drug-likeness (QED) is 0.763. The van der Waals surface area contributed by atoms with E-state index in [2.05, 4.69) is 15.5 Å². The Morgan fingerprint density at radius 3 is 2.37 bits per heavy atom. The Balaban J connectivity index is 1.46. The maximum absolute atomic E-state index is 14.0. The van der Waals surface area contributed by atoms with Crippen molar-refractivity contribution in [2.45, 2.75) is 13.3 Å². The number of anilines is 2. The van der Waals surface area contributed by atoms with Crippen molar-refractivity contribution in [3.63, 3.8) is 0 Å². The molecule has 1 fully saturated rings. The third kappa shape index (κ3) is 5.56. The van der Waals surface area contributed by atoms with Gasteiger partial charge in [0, 0.05) is 57.4 Å². The smallest absolute Gasteiger partial charge is 0.254 e. The van der Waals surface area contributed by atoms with Gasteiger partial charge in [0.15, 0.2) is 0 Å². The van der Waals surface area contributed by atoms with E-state index in [4.69, 9.17) is 0 Å². The predicted molar refractivity (Wildman–Crippen MR) is 113 cm³/mol. The molecular formula is C22H25FN4O3. The zero-order chi connectivity index (χ0) is 21.5. The van der Waals surface area contributed by atoms with E-state index in [0.29, 0.717) is 18.8 Å². The number of amides is 3. The van der Waals surface area contributed by atoms with Crippen molar-refractivity contribution in [2.75, 3.05) is 42.9 Å². The fraction of sp³-hybridized carbons (Fsp3) is 0.318. The van der Waals surface area contributed by atoms with E-state index >= 15 is 0 Å². The van der Waals surface area contributed by atoms with Gasteiger partial charge in [0.05, 0.1) is 5.56 Å². The third-order valence-corrected chi connectivity index (χ3v) is 4.91. The fourth-order valence-electron chi connectivity index (χ4n) is 3.37. The average Bonchev–Trinajstić information content (AvgIpc) is 2.75. The lowest BCUT2D eigenvalue weighted by Gasteiger charge is -2.36. The molecule has 1 heterocycles. The summed E-state index contributed by atoms with van der Waals surface area (Å²) in [4.78, 5) is 39.8. The van der Waals surface area contributed by atoms with E-state index in [1.165, 1.54) is 19.1 Å². The lowest BCUT2D eigenvalue weighted by Crippen LogP contribution is -2.49. The lowest BCUT2D eigenvalue weighted by molar-refractivity contribution is -0.131. The van der Waals surface area contributed by atoms with E-state index in [9.17, 15) is 18.8 Å². The van der Waals surface area contributed by atoms with Gasteiger partial charge in [0.25, 0.3) is 5.91 Å². The molecule has 0 bridgehead atoms. The van der Waals surface area contributed by atoms with Crippen LogP contribution in [0.5, 0.6) is 0 Å². The van der Waals surface area contributed by atoms with E-state index in [0.717, 1.165) is 24.8 Å². The molecule has 158 valence electrons. The number of para-hydroxylation sites is 1. The highest BCUT2D eigenvalue weighted by molar-refractivity contribution is 5.97. The molecule has 0 spiro atoms. The number of hydrogen-bond acceptors (Lipinski definition) is 4. The molecule has 30 heavy (non-hydrogen) atoms. The molecule has 3 rings (SSSR count). The van der Waals surface area contributed by atoms with Crippen molar-refractivity contribution in [3.05, 3.63) is 59.9 Å². The van der Waals surface area contributed by atoms with Crippen molar-refractivity contribution >= 4 is 29.1 Å². The topological polar surface area (TPSA) is 81.8 Å². The van der Waals surface area contributed by atoms with Crippen LogP contribution < -0.4 is 15.5 Å². The van der Waals surface area contributed by atoms with Gasteiger partial charge in [-0.2, -0.15) is 0 Å². The first-order valence-corrected chi connectivity index (χ1v) is 9.87. The van der Waals surface area contributed by atoms with Crippen LogP contribution in [-0.4, -0.2) is 55.3 Å². The van der Waals surface area contributed by atoms with Crippen LogP contribution >= 0.6 is 0 Å². The summed E-state index contributed by atoms with van der Waals surface area (Å²) in [7, 11) is 0. The Kier molecular flexibility index (Phi) is 7.00. The van der Waals surface area contributed by atoms with E-state index < -0.39 is 11.7 Å². The normalized spacial score (nSPS) is 13.7. The summed E-state index contributed by atoms with van der Waals surface area (Å²) in [5.74, 6) is -1.67. The first kappa shape index (κ1) is 21.3. The first-order chi connectivity index (χ1) is 14.4. The molecule has 2 aromatic rings. The average molecular weight is 412 g/mol. The monoisotopic (exact) mass is 412 g/mol. The van der Waals surface area contributed by atoms with Gasteiger partial charge in [0.2, 0.25) is 11.8 Å². The van der Waals surface area contributed by atoms with Crippen LogP contribution in [-0.2, 0) is 9.59 Å². The van der Waals surface area contributed by atoms with Gasteiger partial charge in [-0.3, -0.25) is 14.4 Å². The maximum atomic E-state index is 14.0. The van der Waals surface area contributed by atoms with E-state index in [1.807, 2.05) is 30.3 Å². The molecule has 0 radical (unpaired) electrons. The summed E-state index contributed by atoms with van der Waals surface area (Å²) < 4.78 is 14.0. The molecule has 1 saturated heterocycles. The number of nitrogens with one attached hydrogen (secondary N) is 2. The predicted octanol–water partition coefficient (Wildman–Crippen LogP) is 2.25. The van der Waals surface area contributed by atoms with Crippen molar-refractivity contribution in [1.29, 1.82) is 0 Å². The molecule has 0 saturated carbocycles. The molecule has 0 aliphatic carbocycles. The molecule has 3 amide bonds. The van der Waals surface area contributed by atoms with Gasteiger partial charge < -0.3 is 20.4 Å². The number of halogens is 1. The molecule has 0 aromatic heterocycles. The number of carbonyl (C=O) groups is 3. The molecular weight excluding hydrogens is 387 g/mol. The summed E-state index contributed by atoms with van der Waals surface area (Å²) >= 11 is 0. The van der Waals surface area contributed by atoms with Gasteiger partial charge >= 0.3 is 0 Å². The molecule has 8 heteroatoms. The minimum absolute atomic E-state index is 0.0459. The molecule has 1 aliphatic rings. The van der Waals surface area contributed by atoms with Gasteiger partial charge in [-0.25, -0.2) is 4.39 Å². The number of nitrogens with zero attached hydrogens (tertiary/aromatic N) is 2. The number of benzene rings is 2. The number of piperazine rings is 1. The van der Waals surface area contributed by atoms with E-state index in [-0.39, 0.29) is 30.3 Å². The Bertz CT molecular complexity index is 912. The first-order valence-electron chi connectivity index (χ1n) is 9.87. The highest BCUT2D eigenvalue weighted by atomic mass is 19.1. The minimum Gasteiger partial charge on any atom is -0.368 e. The Morgan fingerprint density at radius 1 is 1.00 bits per heavy atom. The van der Waals surface area contributed by atoms with Crippen LogP contribution in [0.4, 0.5) is 15.8 Å². The minimum atomic E-state index is -0.690. The lowest BCUT2D eigenvalue weighted by atomic mass is 10.1. The van der Waals surface area contributed by atoms with Gasteiger partial charge in [0.1, 0.15) is 5.82 Å². The van der Waals surface area contributed by atoms with Crippen molar-refractivity contribution in [2.24, 2.45) is 0 Å². The Morgan fingerprint density at radius 2 is 1.70 bits per heavy atom. The van der Waals surface area contributed by atoms with Crippen LogP contribution in [0.1, 0.15) is 23.7 Å². The molecule has 0 atom stereocenters. The summed E-state index contributed by atoms with van der Waals surface area (Å²) in [6.45, 7) is 4.19. The second kappa shape index (κ2) is 9.87. The fourth-order valence-corrected chi connectivity index (χ4v) is 3.37. The zero-order valence-corrected chi connectivity index (χ0v) is 16.9. The SMILES string of the molecule is CC(=O)Nc1ccc(F)c(C(=O)NCCC(=O)N2CCN(c3ccccc3)CC2)c1. The van der Waals surface area contributed by atoms with Gasteiger partial charge in [-0.1, -0.05) is 18.2 Å². The van der Waals surface area contributed by atoms with Crippen LogP contribution in [0.2, 0.25) is 0 Å². The third-order valence-electron chi connectivity index (χ3n) is 4.91. The van der Waals surface area contributed by atoms with Gasteiger partial charge in [-0.05, 0) is 30.3 Å². The van der Waals surface area contributed by atoms with Gasteiger partial charge in [-0.15, -0.1) is 0 Å². The Labute approximate surface area is 174 Å². The van der Waals surface area contributed by atoms with Crippen molar-refractivity contribution in [1.82, 2.24) is 10.2 Å². The van der Waals surface area contributed by atoms with Crippen LogP contribution in [0.3, 0.4) is 0 Å². The highest BCUT2D eigenvalue weighted by Gasteiger charge is 2.21. The Hall–Kier alpha value is -3.42. The standard InChI is InChI=1S/C22H25FN4O3/c1-16(28)25-17-7-8-20(23)19(15-17)22(30)24-10-9-21(29)27-13-11-26(12-14-27)18-5-3-2-4-6-18/h2-8,15H,9-14H2,1H3,(H,24,30)(H,25,28). The van der Waals surface area contributed by atoms with Crippen LogP contribution in [0, 0.1) is 5.82 Å². The summed E-state index contributed by atoms with van der Waals surface area (Å²) in [5, 5.41) is 5.08. The summed E-state index contributed by atoms with van der Waals surface area (Å²) in [5.41, 5.74) is 1.30. The van der Waals surface area contributed by atoms with Crippen LogP contribution in [0.15, 0.2) is 48.5 Å². The molecule has 0 unspecified atom stereocenters. The van der Waals surface area contributed by atoms with Crippen LogP contribution in [0.25, 0.3) is 0 Å². The maximum Gasteiger partial charge on any atom is 0.254 e. The molecule has 7 nitrogen and oxygen atoms in total. The molecule has 2 aromatic carbocycles. The molecule has 2 N–H and O–H groups in total. The van der Waals surface area contributed by atoms with E-state index in [1.54, 1.807) is 4.90 Å². The number of carbonyl (C=O) groups excluding carboxylic acids is 3.